The average molecular weight is 293 g/mol. The first-order chi connectivity index (χ1) is 9.69. The number of aryl methyl sites for hydroxylation is 2. The molecule has 120 valence electrons. The Morgan fingerprint density at radius 3 is 2.10 bits per heavy atom. The lowest BCUT2D eigenvalue weighted by atomic mass is 10.1. The fraction of sp³-hybridized carbons (Fsp3) is 0.667. The molecule has 0 saturated carbocycles. The van der Waals surface area contributed by atoms with Crippen molar-refractivity contribution in [3.05, 3.63) is 28.8 Å². The van der Waals surface area contributed by atoms with Gasteiger partial charge in [-0.2, -0.15) is 0 Å². The van der Waals surface area contributed by atoms with E-state index in [4.69, 9.17) is 9.47 Å². The molecule has 0 bridgehead atoms. The van der Waals surface area contributed by atoms with Crippen LogP contribution in [0.15, 0.2) is 12.1 Å². The monoisotopic (exact) mass is 293 g/mol. The Balaban J connectivity index is 2.59. The third kappa shape index (κ3) is 6.96. The summed E-state index contributed by atoms with van der Waals surface area (Å²) in [6, 6.07) is 4.89. The van der Waals surface area contributed by atoms with Gasteiger partial charge in [0, 0.05) is 12.6 Å². The molecule has 0 spiro atoms. The summed E-state index contributed by atoms with van der Waals surface area (Å²) >= 11 is 0. The lowest BCUT2D eigenvalue weighted by Gasteiger charge is -2.20. The van der Waals surface area contributed by atoms with Crippen LogP contribution in [0.5, 0.6) is 5.75 Å². The van der Waals surface area contributed by atoms with E-state index in [9.17, 15) is 0 Å². The molecule has 1 aromatic rings. The van der Waals surface area contributed by atoms with E-state index in [1.807, 2.05) is 0 Å². The maximum absolute atomic E-state index is 5.90. The molecule has 21 heavy (non-hydrogen) atoms. The van der Waals surface area contributed by atoms with Crippen LogP contribution in [0.2, 0.25) is 0 Å². The minimum absolute atomic E-state index is 0.111. The van der Waals surface area contributed by atoms with Crippen LogP contribution in [-0.2, 0) is 11.3 Å². The highest BCUT2D eigenvalue weighted by atomic mass is 16.5. The molecule has 0 radical (unpaired) electrons. The van der Waals surface area contributed by atoms with Gasteiger partial charge in [-0.05, 0) is 51.3 Å². The summed E-state index contributed by atoms with van der Waals surface area (Å²) in [7, 11) is 0. The van der Waals surface area contributed by atoms with Crippen LogP contribution in [0.3, 0.4) is 0 Å². The normalized spacial score (nSPS) is 12.0. The van der Waals surface area contributed by atoms with Crippen molar-refractivity contribution in [1.29, 1.82) is 0 Å². The summed E-state index contributed by atoms with van der Waals surface area (Å²) in [5.74, 6) is 0.987. The summed E-state index contributed by atoms with van der Waals surface area (Å²) in [6.07, 6.45) is 0. The molecular formula is C18H31NO2. The Hall–Kier alpha value is -1.06. The predicted octanol–water partition coefficient (Wildman–Crippen LogP) is 4.00. The van der Waals surface area contributed by atoms with E-state index in [0.717, 1.165) is 12.3 Å². The van der Waals surface area contributed by atoms with E-state index >= 15 is 0 Å². The minimum Gasteiger partial charge on any atom is -0.491 e. The lowest BCUT2D eigenvalue weighted by Crippen LogP contribution is -2.23. The quantitative estimate of drug-likeness (QED) is 0.771. The van der Waals surface area contributed by atoms with Crippen LogP contribution in [0.4, 0.5) is 0 Å². The van der Waals surface area contributed by atoms with Crippen molar-refractivity contribution in [2.24, 2.45) is 0 Å². The van der Waals surface area contributed by atoms with Crippen LogP contribution in [0, 0.1) is 13.8 Å². The molecule has 3 heteroatoms. The van der Waals surface area contributed by atoms with Crippen molar-refractivity contribution in [2.75, 3.05) is 13.2 Å². The van der Waals surface area contributed by atoms with E-state index in [1.54, 1.807) is 0 Å². The molecule has 0 aliphatic heterocycles. The van der Waals surface area contributed by atoms with Crippen molar-refractivity contribution >= 4 is 0 Å². The minimum atomic E-state index is -0.111. The van der Waals surface area contributed by atoms with Crippen molar-refractivity contribution in [3.8, 4) is 5.75 Å². The Morgan fingerprint density at radius 2 is 1.62 bits per heavy atom. The maximum atomic E-state index is 5.90. The lowest BCUT2D eigenvalue weighted by molar-refractivity contribution is -0.0164. The molecule has 0 heterocycles. The Bertz CT molecular complexity index is 424. The van der Waals surface area contributed by atoms with Crippen LogP contribution in [0.1, 0.15) is 51.3 Å². The van der Waals surface area contributed by atoms with Crippen LogP contribution in [0.25, 0.3) is 0 Å². The van der Waals surface area contributed by atoms with Gasteiger partial charge in [-0.15, -0.1) is 0 Å². The number of hydrogen-bond acceptors (Lipinski definition) is 3. The molecule has 0 aliphatic carbocycles. The molecule has 1 rings (SSSR count). The van der Waals surface area contributed by atoms with E-state index < -0.39 is 0 Å². The molecule has 0 amide bonds. The molecule has 0 aliphatic rings. The summed E-state index contributed by atoms with van der Waals surface area (Å²) in [5.41, 5.74) is 3.56. The maximum Gasteiger partial charge on any atom is 0.125 e. The highest BCUT2D eigenvalue weighted by Gasteiger charge is 2.11. The average Bonchev–Trinajstić information content (AvgIpc) is 2.33. The summed E-state index contributed by atoms with van der Waals surface area (Å²) in [5, 5.41) is 3.44. The smallest absolute Gasteiger partial charge is 0.125 e. The van der Waals surface area contributed by atoms with Crippen LogP contribution in [-0.4, -0.2) is 24.9 Å². The summed E-state index contributed by atoms with van der Waals surface area (Å²) in [6.45, 7) is 16.8. The molecule has 0 aromatic heterocycles. The fourth-order valence-electron chi connectivity index (χ4n) is 2.18. The van der Waals surface area contributed by atoms with Crippen molar-refractivity contribution in [2.45, 2.75) is 66.7 Å². The van der Waals surface area contributed by atoms with Gasteiger partial charge in [0.25, 0.3) is 0 Å². The molecule has 3 nitrogen and oxygen atoms in total. The molecule has 1 N–H and O–H groups in total. The first-order valence-electron chi connectivity index (χ1n) is 7.79. The fourth-order valence-corrected chi connectivity index (χ4v) is 2.18. The number of ether oxygens (including phenoxy) is 2. The molecule has 0 atom stereocenters. The third-order valence-corrected chi connectivity index (χ3v) is 3.10. The van der Waals surface area contributed by atoms with E-state index in [1.165, 1.54) is 16.7 Å². The van der Waals surface area contributed by atoms with Gasteiger partial charge in [0.1, 0.15) is 12.4 Å². The van der Waals surface area contributed by atoms with Crippen molar-refractivity contribution in [1.82, 2.24) is 5.32 Å². The Labute approximate surface area is 130 Å². The largest absolute Gasteiger partial charge is 0.491 e. The van der Waals surface area contributed by atoms with E-state index in [2.05, 4.69) is 65.9 Å². The number of nitrogens with one attached hydrogen (secondary N) is 1. The van der Waals surface area contributed by atoms with Gasteiger partial charge in [0.15, 0.2) is 0 Å². The summed E-state index contributed by atoms with van der Waals surface area (Å²) < 4.78 is 11.6. The van der Waals surface area contributed by atoms with Gasteiger partial charge < -0.3 is 14.8 Å². The standard InChI is InChI=1S/C18H31NO2/c1-13(2)19-12-16-10-14(3)17(15(4)11-16)20-8-9-21-18(5,6)7/h10-11,13,19H,8-9,12H2,1-7H3. The first-order valence-corrected chi connectivity index (χ1v) is 7.79. The second-order valence-corrected chi connectivity index (χ2v) is 6.90. The molecule has 0 unspecified atom stereocenters. The topological polar surface area (TPSA) is 30.5 Å². The second-order valence-electron chi connectivity index (χ2n) is 6.90. The van der Waals surface area contributed by atoms with Gasteiger partial charge in [-0.3, -0.25) is 0 Å². The first kappa shape index (κ1) is 18.0. The van der Waals surface area contributed by atoms with E-state index in [-0.39, 0.29) is 5.60 Å². The van der Waals surface area contributed by atoms with Gasteiger partial charge in [-0.25, -0.2) is 0 Å². The van der Waals surface area contributed by atoms with Crippen molar-refractivity contribution in [3.63, 3.8) is 0 Å². The third-order valence-electron chi connectivity index (χ3n) is 3.10. The molecule has 0 saturated heterocycles. The zero-order valence-electron chi connectivity index (χ0n) is 14.7. The van der Waals surface area contributed by atoms with Gasteiger partial charge in [0.05, 0.1) is 12.2 Å². The van der Waals surface area contributed by atoms with Crippen molar-refractivity contribution < 1.29 is 9.47 Å². The highest BCUT2D eigenvalue weighted by molar-refractivity contribution is 5.43. The van der Waals surface area contributed by atoms with Gasteiger partial charge in [-0.1, -0.05) is 26.0 Å². The Kier molecular flexibility index (Phi) is 6.69. The van der Waals surface area contributed by atoms with Crippen LogP contribution >= 0.6 is 0 Å². The van der Waals surface area contributed by atoms with Gasteiger partial charge in [0.2, 0.25) is 0 Å². The molecule has 1 aromatic carbocycles. The predicted molar refractivity (Wildman–Crippen MR) is 89.1 cm³/mol. The number of benzene rings is 1. The zero-order valence-corrected chi connectivity index (χ0v) is 14.7. The summed E-state index contributed by atoms with van der Waals surface area (Å²) in [4.78, 5) is 0. The molecular weight excluding hydrogens is 262 g/mol. The zero-order chi connectivity index (χ0) is 16.0. The number of hydrogen-bond donors (Lipinski definition) is 1. The SMILES string of the molecule is Cc1cc(CNC(C)C)cc(C)c1OCCOC(C)(C)C. The van der Waals surface area contributed by atoms with E-state index in [0.29, 0.717) is 19.3 Å². The second kappa shape index (κ2) is 7.81. The molecule has 0 fully saturated rings. The van der Waals surface area contributed by atoms with Gasteiger partial charge >= 0.3 is 0 Å². The number of rotatable bonds is 7. The Morgan fingerprint density at radius 1 is 1.05 bits per heavy atom. The van der Waals surface area contributed by atoms with Crippen LogP contribution < -0.4 is 10.1 Å². The highest BCUT2D eigenvalue weighted by Crippen LogP contribution is 2.25.